The molecule has 0 radical (unpaired) electrons. The summed E-state index contributed by atoms with van der Waals surface area (Å²) in [6.07, 6.45) is 5.99. The van der Waals surface area contributed by atoms with Crippen LogP contribution in [-0.4, -0.2) is 74.5 Å². The lowest BCUT2D eigenvalue weighted by molar-refractivity contribution is -0.127. The number of benzene rings is 1. The zero-order valence-electron chi connectivity index (χ0n) is 18.2. The Morgan fingerprint density at radius 3 is 2.59 bits per heavy atom. The lowest BCUT2D eigenvalue weighted by Gasteiger charge is -2.33. The van der Waals surface area contributed by atoms with E-state index in [0.717, 1.165) is 38.4 Å². The number of carbonyl (C=O) groups is 1. The van der Waals surface area contributed by atoms with Crippen molar-refractivity contribution in [1.82, 2.24) is 20.4 Å². The molecule has 29 heavy (non-hydrogen) atoms. The van der Waals surface area contributed by atoms with Crippen LogP contribution in [0.15, 0.2) is 35.3 Å². The predicted molar refractivity (Wildman–Crippen MR) is 132 cm³/mol. The molecule has 0 aliphatic carbocycles. The van der Waals surface area contributed by atoms with E-state index in [0.29, 0.717) is 6.04 Å². The van der Waals surface area contributed by atoms with Crippen molar-refractivity contribution in [1.29, 1.82) is 0 Å². The van der Waals surface area contributed by atoms with Crippen molar-refractivity contribution >= 4 is 35.8 Å². The van der Waals surface area contributed by atoms with Gasteiger partial charge in [0.25, 0.3) is 0 Å². The molecule has 164 valence electrons. The number of aliphatic imine (C=N–C) groups is 1. The van der Waals surface area contributed by atoms with Crippen molar-refractivity contribution < 1.29 is 4.79 Å². The van der Waals surface area contributed by atoms with Gasteiger partial charge in [0, 0.05) is 39.8 Å². The lowest BCUT2D eigenvalue weighted by atomic mass is 10.0. The number of rotatable bonds is 9. The molecule has 1 aromatic carbocycles. The number of halogens is 1. The van der Waals surface area contributed by atoms with E-state index in [9.17, 15) is 4.79 Å². The Hall–Kier alpha value is -1.35. The number of nitrogens with zero attached hydrogens (tertiary/aromatic N) is 3. The second kappa shape index (κ2) is 14.6. The van der Waals surface area contributed by atoms with Crippen LogP contribution in [-0.2, 0) is 11.2 Å². The minimum absolute atomic E-state index is 0. The molecule has 1 aliphatic heterocycles. The molecule has 1 amide bonds. The molecule has 1 fully saturated rings. The molecule has 1 aliphatic rings. The fourth-order valence-electron chi connectivity index (χ4n) is 3.41. The van der Waals surface area contributed by atoms with Gasteiger partial charge in [0.2, 0.25) is 5.91 Å². The van der Waals surface area contributed by atoms with Crippen molar-refractivity contribution in [3.8, 4) is 0 Å². The number of hydrogen-bond acceptors (Lipinski definition) is 3. The van der Waals surface area contributed by atoms with Gasteiger partial charge in [-0.2, -0.15) is 0 Å². The quantitative estimate of drug-likeness (QED) is 0.230. The fourth-order valence-corrected chi connectivity index (χ4v) is 3.41. The van der Waals surface area contributed by atoms with Crippen LogP contribution in [0.25, 0.3) is 0 Å². The van der Waals surface area contributed by atoms with E-state index < -0.39 is 0 Å². The van der Waals surface area contributed by atoms with E-state index >= 15 is 0 Å². The number of nitrogens with one attached hydrogen (secondary N) is 2. The summed E-state index contributed by atoms with van der Waals surface area (Å²) in [7, 11) is 3.52. The first-order chi connectivity index (χ1) is 13.6. The maximum absolute atomic E-state index is 11.9. The summed E-state index contributed by atoms with van der Waals surface area (Å²) < 4.78 is 0. The largest absolute Gasteiger partial charge is 0.356 e. The Labute approximate surface area is 193 Å². The molecule has 0 bridgehead atoms. The van der Waals surface area contributed by atoms with Crippen LogP contribution in [0.5, 0.6) is 0 Å². The fraction of sp³-hybridized carbons (Fsp3) is 0.636. The van der Waals surface area contributed by atoms with Crippen LogP contribution in [0.3, 0.4) is 0 Å². The van der Waals surface area contributed by atoms with Crippen molar-refractivity contribution in [2.75, 3.05) is 46.8 Å². The average Bonchev–Trinajstić information content (AvgIpc) is 2.70. The molecule has 7 heteroatoms. The third kappa shape index (κ3) is 10.3. The molecule has 1 heterocycles. The van der Waals surface area contributed by atoms with E-state index in [1.807, 2.05) is 6.07 Å². The average molecular weight is 515 g/mol. The van der Waals surface area contributed by atoms with Crippen LogP contribution in [0, 0.1) is 0 Å². The molecule has 1 saturated heterocycles. The van der Waals surface area contributed by atoms with Crippen molar-refractivity contribution in [2.45, 2.75) is 45.1 Å². The number of hydrogen-bond donors (Lipinski definition) is 2. The van der Waals surface area contributed by atoms with Gasteiger partial charge in [0.15, 0.2) is 5.96 Å². The summed E-state index contributed by atoms with van der Waals surface area (Å²) in [5.41, 5.74) is 1.29. The number of piperidine rings is 1. The number of likely N-dealkylation sites (tertiary alicyclic amines) is 1. The maximum Gasteiger partial charge on any atom is 0.243 e. The Kier molecular flexibility index (Phi) is 12.9. The Balaban J connectivity index is 0.00000420. The summed E-state index contributed by atoms with van der Waals surface area (Å²) in [4.78, 5) is 20.5. The van der Waals surface area contributed by atoms with Crippen molar-refractivity contribution in [2.24, 2.45) is 4.99 Å². The highest BCUT2D eigenvalue weighted by Gasteiger charge is 2.17. The molecule has 1 atom stereocenters. The monoisotopic (exact) mass is 515 g/mol. The van der Waals surface area contributed by atoms with E-state index in [2.05, 4.69) is 51.7 Å². The third-order valence-corrected chi connectivity index (χ3v) is 5.28. The third-order valence-electron chi connectivity index (χ3n) is 5.28. The lowest BCUT2D eigenvalue weighted by Crippen LogP contribution is -2.42. The van der Waals surface area contributed by atoms with Gasteiger partial charge < -0.3 is 20.4 Å². The number of guanidine groups is 1. The summed E-state index contributed by atoms with van der Waals surface area (Å²) in [5, 5.41) is 6.76. The molecule has 1 aromatic rings. The van der Waals surface area contributed by atoms with Gasteiger partial charge in [-0.25, -0.2) is 4.99 Å². The van der Waals surface area contributed by atoms with Crippen LogP contribution in [0.4, 0.5) is 0 Å². The van der Waals surface area contributed by atoms with Crippen LogP contribution in [0.2, 0.25) is 0 Å². The topological polar surface area (TPSA) is 60.0 Å². The van der Waals surface area contributed by atoms with E-state index in [1.54, 1.807) is 19.0 Å². The van der Waals surface area contributed by atoms with E-state index in [4.69, 9.17) is 0 Å². The van der Waals surface area contributed by atoms with Crippen LogP contribution < -0.4 is 10.6 Å². The van der Waals surface area contributed by atoms with Crippen molar-refractivity contribution in [3.05, 3.63) is 35.9 Å². The molecule has 0 aromatic heterocycles. The highest BCUT2D eigenvalue weighted by molar-refractivity contribution is 14.0. The Morgan fingerprint density at radius 1 is 1.17 bits per heavy atom. The summed E-state index contributed by atoms with van der Waals surface area (Å²) in [6.45, 7) is 6.47. The summed E-state index contributed by atoms with van der Waals surface area (Å²) in [5.74, 6) is 0.726. The molecule has 6 nitrogen and oxygen atoms in total. The smallest absolute Gasteiger partial charge is 0.243 e. The second-order valence-electron chi connectivity index (χ2n) is 7.78. The highest BCUT2D eigenvalue weighted by atomic mass is 127. The minimum Gasteiger partial charge on any atom is -0.356 e. The molecule has 1 unspecified atom stereocenters. The highest BCUT2D eigenvalue weighted by Crippen LogP contribution is 2.15. The van der Waals surface area contributed by atoms with Gasteiger partial charge in [0.05, 0.1) is 0 Å². The standard InChI is InChI=1S/C22H37N5O.HI/c1-19-10-7-8-16-27(19)17-9-14-23-22(25-18-21(28)26(2)3)24-15-13-20-11-5-4-6-12-20;/h4-6,11-12,19H,7-10,13-18H2,1-3H3,(H2,23,24,25);1H. The van der Waals surface area contributed by atoms with Crippen molar-refractivity contribution in [3.63, 3.8) is 0 Å². The molecule has 0 saturated carbocycles. The normalized spacial score (nSPS) is 17.3. The van der Waals surface area contributed by atoms with Gasteiger partial charge in [-0.1, -0.05) is 36.8 Å². The first kappa shape index (κ1) is 25.7. The van der Waals surface area contributed by atoms with Gasteiger partial charge in [-0.3, -0.25) is 4.79 Å². The van der Waals surface area contributed by atoms with Gasteiger partial charge in [-0.15, -0.1) is 24.0 Å². The minimum atomic E-state index is 0. The number of amides is 1. The first-order valence-electron chi connectivity index (χ1n) is 10.6. The van der Waals surface area contributed by atoms with Gasteiger partial charge >= 0.3 is 0 Å². The van der Waals surface area contributed by atoms with Gasteiger partial charge in [-0.05, 0) is 44.7 Å². The maximum atomic E-state index is 11.9. The first-order valence-corrected chi connectivity index (χ1v) is 10.6. The summed E-state index contributed by atoms with van der Waals surface area (Å²) >= 11 is 0. The molecular weight excluding hydrogens is 477 g/mol. The Morgan fingerprint density at radius 2 is 1.90 bits per heavy atom. The van der Waals surface area contributed by atoms with Crippen LogP contribution >= 0.6 is 24.0 Å². The molecular formula is C22H38IN5O. The zero-order chi connectivity index (χ0) is 20.2. The zero-order valence-corrected chi connectivity index (χ0v) is 20.5. The van der Waals surface area contributed by atoms with E-state index in [-0.39, 0.29) is 36.4 Å². The van der Waals surface area contributed by atoms with Crippen LogP contribution in [0.1, 0.15) is 38.2 Å². The SMILES string of the molecule is CC1CCCCN1CCCNC(=NCC(=O)N(C)C)NCCc1ccccc1.I. The number of carbonyl (C=O) groups excluding carboxylic acids is 1. The molecule has 0 spiro atoms. The summed E-state index contributed by atoms with van der Waals surface area (Å²) in [6, 6.07) is 11.1. The molecule has 2 N–H and O–H groups in total. The molecule has 2 rings (SSSR count). The van der Waals surface area contributed by atoms with Gasteiger partial charge in [0.1, 0.15) is 6.54 Å². The van der Waals surface area contributed by atoms with E-state index in [1.165, 1.54) is 31.4 Å². The second-order valence-corrected chi connectivity index (χ2v) is 7.78. The Bertz CT molecular complexity index is 608. The predicted octanol–water partition coefficient (Wildman–Crippen LogP) is 2.74. The number of likely N-dealkylation sites (N-methyl/N-ethyl adjacent to an activating group) is 1.